The van der Waals surface area contributed by atoms with Gasteiger partial charge in [-0.15, -0.1) is 0 Å². The molecule has 4 aromatic rings. The smallest absolute Gasteiger partial charge is 0.189 e. The minimum Gasteiger partial charge on any atom is -0.468 e. The first-order valence-electron chi connectivity index (χ1n) is 10.3. The van der Waals surface area contributed by atoms with Gasteiger partial charge < -0.3 is 14.2 Å². The summed E-state index contributed by atoms with van der Waals surface area (Å²) >= 11 is 0. The third kappa shape index (κ3) is 5.69. The maximum absolute atomic E-state index is 6.02. The van der Waals surface area contributed by atoms with E-state index in [2.05, 4.69) is 72.8 Å². The van der Waals surface area contributed by atoms with Crippen molar-refractivity contribution in [2.45, 2.75) is 21.6 Å². The van der Waals surface area contributed by atoms with Gasteiger partial charge in [-0.2, -0.15) is 0 Å². The molecule has 0 atom stereocenters. The topological polar surface area (TPSA) is 27.7 Å². The molecule has 0 spiro atoms. The van der Waals surface area contributed by atoms with E-state index in [1.807, 2.05) is 43.3 Å². The molecule has 4 rings (SSSR count). The Hall–Kier alpha value is -3.21. The van der Waals surface area contributed by atoms with E-state index in [0.29, 0.717) is 6.61 Å². The molecule has 0 aliphatic heterocycles. The highest BCUT2D eigenvalue weighted by Crippen LogP contribution is 2.33. The van der Waals surface area contributed by atoms with Gasteiger partial charge in [-0.3, -0.25) is 0 Å². The summed E-state index contributed by atoms with van der Waals surface area (Å²) in [5.41, 5.74) is 0. The first-order chi connectivity index (χ1) is 15.3. The van der Waals surface area contributed by atoms with E-state index in [4.69, 9.17) is 14.2 Å². The highest BCUT2D eigenvalue weighted by atomic mass is 32.2. The van der Waals surface area contributed by atoms with Crippen LogP contribution in [0.25, 0.3) is 0 Å². The molecule has 0 N–H and O–H groups in total. The van der Waals surface area contributed by atoms with Crippen molar-refractivity contribution in [1.82, 2.24) is 0 Å². The summed E-state index contributed by atoms with van der Waals surface area (Å²) in [4.78, 5) is 3.85. The van der Waals surface area contributed by atoms with Gasteiger partial charge in [0.25, 0.3) is 0 Å². The molecule has 4 heteroatoms. The Morgan fingerprint density at radius 3 is 1.52 bits per heavy atom. The Morgan fingerprint density at radius 1 is 0.548 bits per heavy atom. The lowest BCUT2D eigenvalue weighted by Crippen LogP contribution is -2.04. The molecule has 0 saturated heterocycles. The maximum Gasteiger partial charge on any atom is 0.189 e. The van der Waals surface area contributed by atoms with Crippen LogP contribution in [0.15, 0.2) is 124 Å². The van der Waals surface area contributed by atoms with Crippen LogP contribution in [-0.2, 0) is 15.6 Å². The van der Waals surface area contributed by atoms with Crippen LogP contribution >= 0.6 is 0 Å². The molecule has 0 aliphatic carbocycles. The Labute approximate surface area is 186 Å². The van der Waals surface area contributed by atoms with Crippen LogP contribution in [0.4, 0.5) is 0 Å². The van der Waals surface area contributed by atoms with Crippen molar-refractivity contribution >= 4 is 10.9 Å². The molecule has 31 heavy (non-hydrogen) atoms. The second kappa shape index (κ2) is 10.7. The summed E-state index contributed by atoms with van der Waals surface area (Å²) in [6.07, 6.45) is 0. The largest absolute Gasteiger partial charge is 0.468 e. The molecule has 0 aliphatic rings. The normalized spacial score (nSPS) is 10.8. The van der Waals surface area contributed by atoms with Crippen molar-refractivity contribution in [3.8, 4) is 17.2 Å². The molecule has 0 amide bonds. The fraction of sp³-hybridized carbons (Fsp3) is 0.111. The number of rotatable bonds is 9. The van der Waals surface area contributed by atoms with Crippen molar-refractivity contribution in [2.75, 3.05) is 13.4 Å². The quantitative estimate of drug-likeness (QED) is 0.164. The van der Waals surface area contributed by atoms with Crippen LogP contribution in [-0.4, -0.2) is 13.4 Å². The summed E-state index contributed by atoms with van der Waals surface area (Å²) in [6.45, 7) is 2.82. The van der Waals surface area contributed by atoms with E-state index in [9.17, 15) is 0 Å². The molecule has 0 heterocycles. The van der Waals surface area contributed by atoms with Crippen molar-refractivity contribution in [3.05, 3.63) is 109 Å². The van der Waals surface area contributed by atoms with E-state index in [1.54, 1.807) is 0 Å². The van der Waals surface area contributed by atoms with Gasteiger partial charge in [0.2, 0.25) is 0 Å². The second-order valence-corrected chi connectivity index (χ2v) is 8.76. The van der Waals surface area contributed by atoms with Crippen LogP contribution in [0.1, 0.15) is 6.92 Å². The van der Waals surface area contributed by atoms with E-state index in [1.165, 1.54) is 14.7 Å². The fourth-order valence-electron chi connectivity index (χ4n) is 3.10. The Balaban J connectivity index is 1.50. The molecule has 0 bridgehead atoms. The zero-order valence-corrected chi connectivity index (χ0v) is 18.3. The number of benzene rings is 4. The number of hydrogen-bond acceptors (Lipinski definition) is 3. The summed E-state index contributed by atoms with van der Waals surface area (Å²) in [7, 11) is -0.161. The Kier molecular flexibility index (Phi) is 7.27. The van der Waals surface area contributed by atoms with Crippen LogP contribution in [0.3, 0.4) is 0 Å². The third-order valence-corrected chi connectivity index (χ3v) is 6.82. The lowest BCUT2D eigenvalue weighted by Gasteiger charge is -2.10. The molecule has 0 aromatic heterocycles. The zero-order valence-electron chi connectivity index (χ0n) is 17.4. The van der Waals surface area contributed by atoms with Crippen LogP contribution in [0.2, 0.25) is 0 Å². The summed E-state index contributed by atoms with van der Waals surface area (Å²) in [5.74, 6) is 2.32. The van der Waals surface area contributed by atoms with E-state index in [0.717, 1.165) is 17.2 Å². The van der Waals surface area contributed by atoms with Crippen LogP contribution < -0.4 is 9.47 Å². The van der Waals surface area contributed by atoms with Crippen LogP contribution in [0, 0.1) is 0 Å². The lowest BCUT2D eigenvalue weighted by molar-refractivity contribution is 0.0224. The number of hydrogen-bond donors (Lipinski definition) is 0. The molecule has 3 nitrogen and oxygen atoms in total. The molecule has 0 radical (unpaired) electrons. The van der Waals surface area contributed by atoms with E-state index >= 15 is 0 Å². The van der Waals surface area contributed by atoms with Gasteiger partial charge >= 0.3 is 0 Å². The standard InChI is InChI=1S/C27H25O3S/c1-2-28-21-29-22-13-15-23(16-14-22)30-24-17-19-27(20-18-24)31(25-9-5-3-6-10-25)26-11-7-4-8-12-26/h3-20H,2,21H2,1H3/q+1. The monoisotopic (exact) mass is 429 g/mol. The van der Waals surface area contributed by atoms with Crippen LogP contribution in [0.5, 0.6) is 17.2 Å². The number of ether oxygens (including phenoxy) is 3. The maximum atomic E-state index is 6.02. The predicted octanol–water partition coefficient (Wildman–Crippen LogP) is 6.95. The summed E-state index contributed by atoms with van der Waals surface area (Å²) < 4.78 is 16.7. The average Bonchev–Trinajstić information content (AvgIpc) is 2.83. The molecular weight excluding hydrogens is 404 g/mol. The molecular formula is C27H25O3S+. The van der Waals surface area contributed by atoms with E-state index in [-0.39, 0.29) is 17.7 Å². The highest BCUT2D eigenvalue weighted by Gasteiger charge is 2.28. The molecule has 0 fully saturated rings. The minimum absolute atomic E-state index is 0.161. The highest BCUT2D eigenvalue weighted by molar-refractivity contribution is 7.97. The van der Waals surface area contributed by atoms with Crippen molar-refractivity contribution in [1.29, 1.82) is 0 Å². The van der Waals surface area contributed by atoms with Gasteiger partial charge in [-0.05, 0) is 79.7 Å². The lowest BCUT2D eigenvalue weighted by atomic mass is 10.3. The molecule has 0 unspecified atom stereocenters. The van der Waals surface area contributed by atoms with Gasteiger partial charge in [-0.25, -0.2) is 0 Å². The predicted molar refractivity (Wildman–Crippen MR) is 125 cm³/mol. The molecule has 4 aromatic carbocycles. The second-order valence-electron chi connectivity index (χ2n) is 6.73. The van der Waals surface area contributed by atoms with Gasteiger partial charge in [0.05, 0.1) is 10.9 Å². The Morgan fingerprint density at radius 2 is 1.00 bits per heavy atom. The van der Waals surface area contributed by atoms with Gasteiger partial charge in [0.1, 0.15) is 17.2 Å². The first-order valence-corrected chi connectivity index (χ1v) is 11.5. The third-order valence-electron chi connectivity index (χ3n) is 4.59. The molecule has 0 saturated carbocycles. The minimum atomic E-state index is -0.161. The average molecular weight is 430 g/mol. The fourth-order valence-corrected chi connectivity index (χ4v) is 5.18. The van der Waals surface area contributed by atoms with Gasteiger partial charge in [0.15, 0.2) is 21.5 Å². The Bertz CT molecular complexity index is 1010. The van der Waals surface area contributed by atoms with Crippen molar-refractivity contribution in [3.63, 3.8) is 0 Å². The van der Waals surface area contributed by atoms with Crippen molar-refractivity contribution in [2.24, 2.45) is 0 Å². The molecule has 156 valence electrons. The van der Waals surface area contributed by atoms with Gasteiger partial charge in [-0.1, -0.05) is 36.4 Å². The SMILES string of the molecule is CCOCOc1ccc(Oc2ccc([S+](c3ccccc3)c3ccccc3)cc2)cc1. The van der Waals surface area contributed by atoms with Gasteiger partial charge in [0, 0.05) is 6.61 Å². The summed E-state index contributed by atoms with van der Waals surface area (Å²) in [5, 5.41) is 0. The van der Waals surface area contributed by atoms with E-state index < -0.39 is 0 Å². The zero-order chi connectivity index (χ0) is 21.3. The van der Waals surface area contributed by atoms with Crippen molar-refractivity contribution < 1.29 is 14.2 Å². The summed E-state index contributed by atoms with van der Waals surface area (Å²) in [6, 6.07) is 37.2. The first kappa shape index (κ1) is 21.0.